The third-order valence-electron chi connectivity index (χ3n) is 5.21. The van der Waals surface area contributed by atoms with Gasteiger partial charge in [-0.15, -0.1) is 0 Å². The second-order valence-electron chi connectivity index (χ2n) is 7.81. The number of hydrogen-bond acceptors (Lipinski definition) is 3. The molecule has 4 rings (SSSR count). The highest BCUT2D eigenvalue weighted by atomic mass is 35.5. The highest BCUT2D eigenvalue weighted by molar-refractivity contribution is 6.33. The second kappa shape index (κ2) is 10.3. The lowest BCUT2D eigenvalue weighted by Gasteiger charge is -2.08. The van der Waals surface area contributed by atoms with Gasteiger partial charge in [0.2, 0.25) is 5.91 Å². The Balaban J connectivity index is 1.39. The molecule has 2 N–H and O–H groups in total. The lowest BCUT2D eigenvalue weighted by molar-refractivity contribution is -0.115. The molecule has 34 heavy (non-hydrogen) atoms. The van der Waals surface area contributed by atoms with Gasteiger partial charge in [-0.1, -0.05) is 41.9 Å². The SMILES string of the molecule is Cc1ccc(CNC(=O)c2cccc(-n3cc(CC(=O)Nc4ccccc4Cl)cn3)c2)cc1F. The Morgan fingerprint density at radius 2 is 1.85 bits per heavy atom. The Morgan fingerprint density at radius 3 is 2.65 bits per heavy atom. The number of para-hydroxylation sites is 1. The number of carbonyl (C=O) groups excluding carboxylic acids is 2. The zero-order chi connectivity index (χ0) is 24.1. The first kappa shape index (κ1) is 23.2. The highest BCUT2D eigenvalue weighted by Crippen LogP contribution is 2.21. The number of aromatic nitrogens is 2. The summed E-state index contributed by atoms with van der Waals surface area (Å²) in [4.78, 5) is 25.0. The van der Waals surface area contributed by atoms with Crippen molar-refractivity contribution < 1.29 is 14.0 Å². The fourth-order valence-electron chi connectivity index (χ4n) is 3.36. The fourth-order valence-corrected chi connectivity index (χ4v) is 3.54. The van der Waals surface area contributed by atoms with Crippen molar-refractivity contribution in [2.75, 3.05) is 5.32 Å². The maximum absolute atomic E-state index is 13.7. The van der Waals surface area contributed by atoms with Gasteiger partial charge in [-0.2, -0.15) is 5.10 Å². The van der Waals surface area contributed by atoms with Gasteiger partial charge >= 0.3 is 0 Å². The van der Waals surface area contributed by atoms with E-state index in [9.17, 15) is 14.0 Å². The van der Waals surface area contributed by atoms with Crippen molar-refractivity contribution in [2.45, 2.75) is 19.9 Å². The molecule has 0 atom stereocenters. The quantitative estimate of drug-likeness (QED) is 0.390. The maximum atomic E-state index is 13.7. The summed E-state index contributed by atoms with van der Waals surface area (Å²) in [5.41, 5.74) is 3.61. The second-order valence-corrected chi connectivity index (χ2v) is 8.22. The summed E-state index contributed by atoms with van der Waals surface area (Å²) < 4.78 is 15.3. The minimum Gasteiger partial charge on any atom is -0.348 e. The molecule has 1 heterocycles. The molecular weight excluding hydrogens is 455 g/mol. The van der Waals surface area contributed by atoms with E-state index < -0.39 is 0 Å². The van der Waals surface area contributed by atoms with Gasteiger partial charge in [-0.3, -0.25) is 9.59 Å². The van der Waals surface area contributed by atoms with Crippen LogP contribution in [0.2, 0.25) is 5.02 Å². The average molecular weight is 477 g/mol. The molecule has 0 fully saturated rings. The zero-order valence-corrected chi connectivity index (χ0v) is 19.1. The third-order valence-corrected chi connectivity index (χ3v) is 5.54. The Labute approximate surface area is 201 Å². The van der Waals surface area contributed by atoms with E-state index in [1.54, 1.807) is 78.6 Å². The lowest BCUT2D eigenvalue weighted by Crippen LogP contribution is -2.23. The molecule has 0 saturated heterocycles. The Kier molecular flexibility index (Phi) is 7.04. The Morgan fingerprint density at radius 1 is 1.03 bits per heavy atom. The number of aryl methyl sites for hydroxylation is 1. The van der Waals surface area contributed by atoms with Crippen LogP contribution in [0.4, 0.5) is 10.1 Å². The number of nitrogens with zero attached hydrogens (tertiary/aromatic N) is 2. The Hall–Kier alpha value is -3.97. The molecule has 0 aliphatic rings. The summed E-state index contributed by atoms with van der Waals surface area (Å²) in [6, 6.07) is 18.9. The first-order valence-corrected chi connectivity index (χ1v) is 11.0. The van der Waals surface area contributed by atoms with Crippen LogP contribution >= 0.6 is 11.6 Å². The molecule has 0 aliphatic heterocycles. The predicted octanol–water partition coefficient (Wildman–Crippen LogP) is 5.08. The van der Waals surface area contributed by atoms with Crippen molar-refractivity contribution in [3.05, 3.63) is 112 Å². The van der Waals surface area contributed by atoms with Crippen LogP contribution in [0, 0.1) is 12.7 Å². The molecule has 4 aromatic rings. The van der Waals surface area contributed by atoms with Crippen molar-refractivity contribution in [1.29, 1.82) is 0 Å². The summed E-state index contributed by atoms with van der Waals surface area (Å²) in [5.74, 6) is -0.800. The van der Waals surface area contributed by atoms with E-state index in [1.165, 1.54) is 6.07 Å². The molecule has 172 valence electrons. The van der Waals surface area contributed by atoms with Crippen LogP contribution in [-0.2, 0) is 17.8 Å². The van der Waals surface area contributed by atoms with Gasteiger partial charge in [0.1, 0.15) is 5.82 Å². The topological polar surface area (TPSA) is 76.0 Å². The summed E-state index contributed by atoms with van der Waals surface area (Å²) in [5, 5.41) is 10.4. The van der Waals surface area contributed by atoms with Crippen LogP contribution in [0.25, 0.3) is 5.69 Å². The van der Waals surface area contributed by atoms with Crippen LogP contribution in [0.5, 0.6) is 0 Å². The van der Waals surface area contributed by atoms with Gasteiger partial charge in [0.15, 0.2) is 0 Å². The normalized spacial score (nSPS) is 10.7. The van der Waals surface area contributed by atoms with Gasteiger partial charge in [0.05, 0.1) is 29.0 Å². The van der Waals surface area contributed by atoms with Crippen molar-refractivity contribution in [3.8, 4) is 5.69 Å². The van der Waals surface area contributed by atoms with Gasteiger partial charge in [-0.05, 0) is 60.0 Å². The molecule has 0 aliphatic carbocycles. The molecule has 3 aromatic carbocycles. The Bertz CT molecular complexity index is 1350. The monoisotopic (exact) mass is 476 g/mol. The molecule has 0 radical (unpaired) electrons. The number of anilines is 1. The van der Waals surface area contributed by atoms with Gasteiger partial charge in [0.25, 0.3) is 5.91 Å². The number of amides is 2. The molecule has 0 bridgehead atoms. The summed E-state index contributed by atoms with van der Waals surface area (Å²) in [6.45, 7) is 1.90. The highest BCUT2D eigenvalue weighted by Gasteiger charge is 2.11. The number of halogens is 2. The van der Waals surface area contributed by atoms with Crippen LogP contribution in [0.15, 0.2) is 79.1 Å². The first-order chi connectivity index (χ1) is 16.4. The number of rotatable bonds is 7. The van der Waals surface area contributed by atoms with Crippen LogP contribution in [0.3, 0.4) is 0 Å². The largest absolute Gasteiger partial charge is 0.348 e. The first-order valence-electron chi connectivity index (χ1n) is 10.6. The van der Waals surface area contributed by atoms with E-state index in [2.05, 4.69) is 15.7 Å². The van der Waals surface area contributed by atoms with Crippen molar-refractivity contribution in [3.63, 3.8) is 0 Å². The minimum absolute atomic E-state index is 0.124. The fraction of sp³-hybridized carbons (Fsp3) is 0.115. The molecule has 2 amide bonds. The zero-order valence-electron chi connectivity index (χ0n) is 18.4. The third kappa shape index (κ3) is 5.68. The van der Waals surface area contributed by atoms with Crippen LogP contribution < -0.4 is 10.6 Å². The number of carbonyl (C=O) groups is 2. The molecule has 6 nitrogen and oxygen atoms in total. The van der Waals surface area contributed by atoms with Crippen molar-refractivity contribution >= 4 is 29.1 Å². The van der Waals surface area contributed by atoms with Gasteiger partial charge in [0, 0.05) is 18.3 Å². The van der Waals surface area contributed by atoms with E-state index in [0.717, 1.165) is 0 Å². The number of nitrogens with one attached hydrogen (secondary N) is 2. The van der Waals surface area contributed by atoms with E-state index in [0.29, 0.717) is 38.7 Å². The van der Waals surface area contributed by atoms with Crippen LogP contribution in [-0.4, -0.2) is 21.6 Å². The van der Waals surface area contributed by atoms with E-state index in [1.807, 2.05) is 6.07 Å². The average Bonchev–Trinajstić information content (AvgIpc) is 3.29. The lowest BCUT2D eigenvalue weighted by atomic mass is 10.1. The van der Waals surface area contributed by atoms with Gasteiger partial charge in [-0.25, -0.2) is 9.07 Å². The van der Waals surface area contributed by atoms with E-state index in [4.69, 9.17) is 11.6 Å². The summed E-state index contributed by atoms with van der Waals surface area (Å²) in [6.07, 6.45) is 3.46. The number of hydrogen-bond donors (Lipinski definition) is 2. The van der Waals surface area contributed by atoms with E-state index in [-0.39, 0.29) is 30.6 Å². The summed E-state index contributed by atoms with van der Waals surface area (Å²) >= 11 is 6.09. The van der Waals surface area contributed by atoms with Gasteiger partial charge < -0.3 is 10.6 Å². The standard InChI is InChI=1S/C26H22ClFN4O2/c1-17-9-10-18(11-23(17)28)14-29-26(34)20-5-4-6-21(13-20)32-16-19(15-30-32)12-25(33)31-24-8-3-2-7-22(24)27/h2-11,13,15-16H,12,14H2,1H3,(H,29,34)(H,31,33). The molecule has 0 saturated carbocycles. The summed E-state index contributed by atoms with van der Waals surface area (Å²) in [7, 11) is 0. The maximum Gasteiger partial charge on any atom is 0.251 e. The predicted molar refractivity (Wildman–Crippen MR) is 130 cm³/mol. The molecular formula is C26H22ClFN4O2. The van der Waals surface area contributed by atoms with Crippen LogP contribution in [0.1, 0.15) is 27.0 Å². The molecule has 8 heteroatoms. The number of benzene rings is 3. The molecule has 0 unspecified atom stereocenters. The minimum atomic E-state index is -0.302. The van der Waals surface area contributed by atoms with E-state index >= 15 is 0 Å². The molecule has 1 aromatic heterocycles. The smallest absolute Gasteiger partial charge is 0.251 e. The molecule has 0 spiro atoms. The van der Waals surface area contributed by atoms with Crippen molar-refractivity contribution in [1.82, 2.24) is 15.1 Å². The van der Waals surface area contributed by atoms with Crippen molar-refractivity contribution in [2.24, 2.45) is 0 Å².